The lowest BCUT2D eigenvalue weighted by Gasteiger charge is -2.32. The van der Waals surface area contributed by atoms with Crippen LogP contribution in [0.5, 0.6) is 0 Å². The molecule has 0 radical (unpaired) electrons. The van der Waals surface area contributed by atoms with Crippen molar-refractivity contribution in [2.45, 2.75) is 26.7 Å². The highest BCUT2D eigenvalue weighted by Gasteiger charge is 2.21. The molecule has 15 heavy (non-hydrogen) atoms. The summed E-state index contributed by atoms with van der Waals surface area (Å²) in [5.74, 6) is 0.800. The Morgan fingerprint density at radius 2 is 2.27 bits per heavy atom. The van der Waals surface area contributed by atoms with Gasteiger partial charge in [0.15, 0.2) is 0 Å². The Hall–Kier alpha value is -0.830. The predicted octanol–water partition coefficient (Wildman–Crippen LogP) is 1.41. The molecule has 1 aliphatic heterocycles. The fraction of sp³-hybridized carbons (Fsp3) is 0.750. The van der Waals surface area contributed by atoms with Gasteiger partial charge in [0.2, 0.25) is 5.91 Å². The molecule has 1 fully saturated rings. The Bertz CT molecular complexity index is 242. The van der Waals surface area contributed by atoms with E-state index in [4.69, 9.17) is 0 Å². The number of amides is 1. The minimum atomic E-state index is 0.177. The van der Waals surface area contributed by atoms with E-state index in [-0.39, 0.29) is 5.91 Å². The summed E-state index contributed by atoms with van der Waals surface area (Å²) >= 11 is 0. The molecule has 0 bridgehead atoms. The first-order valence-corrected chi connectivity index (χ1v) is 5.72. The Balaban J connectivity index is 2.48. The number of likely N-dealkylation sites (tertiary alicyclic amines) is 1. The van der Waals surface area contributed by atoms with E-state index in [1.54, 1.807) is 6.08 Å². The first-order valence-electron chi connectivity index (χ1n) is 5.72. The molecule has 1 N–H and O–H groups in total. The van der Waals surface area contributed by atoms with Gasteiger partial charge in [-0.15, -0.1) is 0 Å². The Labute approximate surface area is 92.5 Å². The van der Waals surface area contributed by atoms with Crippen LogP contribution in [0.25, 0.3) is 0 Å². The molecule has 1 rings (SSSR count). The third-order valence-electron chi connectivity index (χ3n) is 2.74. The van der Waals surface area contributed by atoms with Gasteiger partial charge in [-0.25, -0.2) is 0 Å². The number of piperidine rings is 1. The molecule has 3 nitrogen and oxygen atoms in total. The summed E-state index contributed by atoms with van der Waals surface area (Å²) in [6.07, 6.45) is 4.11. The van der Waals surface area contributed by atoms with Crippen LogP contribution in [0.15, 0.2) is 11.6 Å². The third kappa shape index (κ3) is 4.04. The summed E-state index contributed by atoms with van der Waals surface area (Å²) in [6, 6.07) is 0. The van der Waals surface area contributed by atoms with Crippen LogP contribution in [0, 0.1) is 5.92 Å². The van der Waals surface area contributed by atoms with Crippen LogP contribution in [0.3, 0.4) is 0 Å². The summed E-state index contributed by atoms with van der Waals surface area (Å²) in [6.45, 7) is 6.77. The van der Waals surface area contributed by atoms with Crippen molar-refractivity contribution in [3.05, 3.63) is 11.6 Å². The van der Waals surface area contributed by atoms with E-state index in [1.807, 2.05) is 25.8 Å². The largest absolute Gasteiger partial charge is 0.339 e. The molecule has 0 aromatic heterocycles. The number of hydrogen-bond acceptors (Lipinski definition) is 2. The van der Waals surface area contributed by atoms with E-state index in [1.165, 1.54) is 6.42 Å². The van der Waals surface area contributed by atoms with Crippen LogP contribution in [0.1, 0.15) is 26.7 Å². The van der Waals surface area contributed by atoms with Gasteiger partial charge in [-0.1, -0.05) is 5.57 Å². The highest BCUT2D eigenvalue weighted by Crippen LogP contribution is 2.16. The van der Waals surface area contributed by atoms with Crippen LogP contribution in [0.2, 0.25) is 0 Å². The fourth-order valence-corrected chi connectivity index (χ4v) is 2.06. The second-order valence-electron chi connectivity index (χ2n) is 4.57. The summed E-state index contributed by atoms with van der Waals surface area (Å²) in [5, 5.41) is 3.18. The number of allylic oxidation sites excluding steroid dienone is 1. The number of hydrogen-bond donors (Lipinski definition) is 1. The maximum Gasteiger partial charge on any atom is 0.246 e. The van der Waals surface area contributed by atoms with Crippen LogP contribution in [-0.4, -0.2) is 37.5 Å². The molecule has 1 atom stereocenters. The van der Waals surface area contributed by atoms with E-state index in [0.29, 0.717) is 5.92 Å². The Morgan fingerprint density at radius 1 is 1.53 bits per heavy atom. The molecule has 0 aromatic rings. The van der Waals surface area contributed by atoms with Crippen LogP contribution in [0.4, 0.5) is 0 Å². The average molecular weight is 210 g/mol. The van der Waals surface area contributed by atoms with Gasteiger partial charge in [0.25, 0.3) is 0 Å². The molecule has 1 unspecified atom stereocenters. The molecule has 1 heterocycles. The van der Waals surface area contributed by atoms with E-state index in [0.717, 1.165) is 31.6 Å². The van der Waals surface area contributed by atoms with Crippen LogP contribution in [-0.2, 0) is 4.79 Å². The second kappa shape index (κ2) is 5.91. The fourth-order valence-electron chi connectivity index (χ4n) is 2.06. The standard InChI is InChI=1S/C12H22N2O/c1-10(2)7-12(15)14-6-4-5-11(9-14)8-13-3/h7,11,13H,4-6,8-9H2,1-3H3. The average Bonchev–Trinajstić information content (AvgIpc) is 2.17. The van der Waals surface area contributed by atoms with Crippen molar-refractivity contribution in [2.24, 2.45) is 5.92 Å². The first kappa shape index (κ1) is 12.2. The zero-order chi connectivity index (χ0) is 11.3. The van der Waals surface area contributed by atoms with E-state index in [9.17, 15) is 4.79 Å². The van der Waals surface area contributed by atoms with Crippen molar-refractivity contribution < 1.29 is 4.79 Å². The van der Waals surface area contributed by atoms with Crippen molar-refractivity contribution in [1.82, 2.24) is 10.2 Å². The molecule has 0 aliphatic carbocycles. The molecule has 3 heteroatoms. The van der Waals surface area contributed by atoms with Crippen molar-refractivity contribution in [2.75, 3.05) is 26.7 Å². The molecule has 1 saturated heterocycles. The zero-order valence-electron chi connectivity index (χ0n) is 10.0. The normalized spacial score (nSPS) is 21.3. The summed E-state index contributed by atoms with van der Waals surface area (Å²) in [4.78, 5) is 13.8. The molecule has 86 valence electrons. The Kier molecular flexibility index (Phi) is 4.82. The van der Waals surface area contributed by atoms with Gasteiger partial charge >= 0.3 is 0 Å². The van der Waals surface area contributed by atoms with Gasteiger partial charge < -0.3 is 10.2 Å². The van der Waals surface area contributed by atoms with Gasteiger partial charge in [0.05, 0.1) is 0 Å². The smallest absolute Gasteiger partial charge is 0.246 e. The lowest BCUT2D eigenvalue weighted by atomic mass is 9.98. The van der Waals surface area contributed by atoms with Gasteiger partial charge in [-0.05, 0) is 46.2 Å². The topological polar surface area (TPSA) is 32.3 Å². The van der Waals surface area contributed by atoms with Crippen molar-refractivity contribution in [3.8, 4) is 0 Å². The number of nitrogens with one attached hydrogen (secondary N) is 1. The maximum atomic E-state index is 11.8. The zero-order valence-corrected chi connectivity index (χ0v) is 10.0. The minimum Gasteiger partial charge on any atom is -0.339 e. The van der Waals surface area contributed by atoms with Gasteiger partial charge in [-0.3, -0.25) is 4.79 Å². The van der Waals surface area contributed by atoms with E-state index >= 15 is 0 Å². The quantitative estimate of drug-likeness (QED) is 0.714. The van der Waals surface area contributed by atoms with Crippen molar-refractivity contribution in [3.63, 3.8) is 0 Å². The summed E-state index contributed by atoms with van der Waals surface area (Å²) < 4.78 is 0. The summed E-state index contributed by atoms with van der Waals surface area (Å²) in [5.41, 5.74) is 1.08. The van der Waals surface area contributed by atoms with Gasteiger partial charge in [0, 0.05) is 19.2 Å². The summed E-state index contributed by atoms with van der Waals surface area (Å²) in [7, 11) is 1.97. The molecular formula is C12H22N2O. The molecular weight excluding hydrogens is 188 g/mol. The van der Waals surface area contributed by atoms with Crippen LogP contribution < -0.4 is 5.32 Å². The van der Waals surface area contributed by atoms with Gasteiger partial charge in [0.1, 0.15) is 0 Å². The molecule has 0 saturated carbocycles. The SMILES string of the molecule is CNCC1CCCN(C(=O)C=C(C)C)C1. The third-order valence-corrected chi connectivity index (χ3v) is 2.74. The highest BCUT2D eigenvalue weighted by molar-refractivity contribution is 5.88. The highest BCUT2D eigenvalue weighted by atomic mass is 16.2. The molecule has 0 aromatic carbocycles. The number of rotatable bonds is 3. The number of carbonyl (C=O) groups excluding carboxylic acids is 1. The minimum absolute atomic E-state index is 0.177. The van der Waals surface area contributed by atoms with Crippen LogP contribution >= 0.6 is 0 Å². The Morgan fingerprint density at radius 3 is 2.87 bits per heavy atom. The lowest BCUT2D eigenvalue weighted by molar-refractivity contribution is -0.127. The number of nitrogens with zero attached hydrogens (tertiary/aromatic N) is 1. The second-order valence-corrected chi connectivity index (χ2v) is 4.57. The van der Waals surface area contributed by atoms with Crippen molar-refractivity contribution in [1.29, 1.82) is 0 Å². The maximum absolute atomic E-state index is 11.8. The van der Waals surface area contributed by atoms with E-state index in [2.05, 4.69) is 5.32 Å². The monoisotopic (exact) mass is 210 g/mol. The molecule has 1 amide bonds. The predicted molar refractivity (Wildman–Crippen MR) is 62.7 cm³/mol. The first-order chi connectivity index (χ1) is 7.13. The number of carbonyl (C=O) groups is 1. The van der Waals surface area contributed by atoms with Gasteiger partial charge in [-0.2, -0.15) is 0 Å². The van der Waals surface area contributed by atoms with Crippen molar-refractivity contribution >= 4 is 5.91 Å². The van der Waals surface area contributed by atoms with E-state index < -0.39 is 0 Å². The molecule has 0 spiro atoms. The molecule has 1 aliphatic rings. The lowest BCUT2D eigenvalue weighted by Crippen LogP contribution is -2.41.